The number of carbonyl (C=O) groups excluding carboxylic acids is 3. The third kappa shape index (κ3) is 4.91. The molecule has 1 N–H and O–H groups in total. The molecule has 0 radical (unpaired) electrons. The van der Waals surface area contributed by atoms with Crippen LogP contribution < -0.4 is 10.2 Å². The maximum Gasteiger partial charge on any atom is 0.337 e. The van der Waals surface area contributed by atoms with Crippen LogP contribution in [0.1, 0.15) is 44.3 Å². The van der Waals surface area contributed by atoms with Crippen molar-refractivity contribution in [3.63, 3.8) is 0 Å². The molecule has 1 heterocycles. The summed E-state index contributed by atoms with van der Waals surface area (Å²) >= 11 is 6.19. The van der Waals surface area contributed by atoms with E-state index in [2.05, 4.69) is 5.32 Å². The quantitative estimate of drug-likeness (QED) is 0.544. The van der Waals surface area contributed by atoms with Gasteiger partial charge in [0.1, 0.15) is 0 Å². The van der Waals surface area contributed by atoms with Crippen LogP contribution in [-0.4, -0.2) is 31.4 Å². The van der Waals surface area contributed by atoms with E-state index in [-0.39, 0.29) is 18.2 Å². The van der Waals surface area contributed by atoms with Crippen LogP contribution in [0.2, 0.25) is 5.02 Å². The van der Waals surface area contributed by atoms with Gasteiger partial charge in [0.2, 0.25) is 5.91 Å². The summed E-state index contributed by atoms with van der Waals surface area (Å²) in [5.74, 6) is -0.867. The second kappa shape index (κ2) is 9.88. The predicted molar refractivity (Wildman–Crippen MR) is 127 cm³/mol. The standard InChI is InChI=1S/C26H23ClN2O4/c1-33-26(32)19-11-12-23-18(15-19)13-14-29(23)24(30)16-22(17-7-3-2-4-8-17)28-25(31)20-9-5-6-10-21(20)27/h2-12,15,22H,13-14,16H2,1H3,(H,28,31). The number of benzene rings is 3. The molecule has 7 heteroatoms. The first-order valence-corrected chi connectivity index (χ1v) is 11.0. The fraction of sp³-hybridized carbons (Fsp3) is 0.192. The molecule has 0 bridgehead atoms. The van der Waals surface area contributed by atoms with Crippen molar-refractivity contribution < 1.29 is 19.1 Å². The molecule has 1 unspecified atom stereocenters. The molecular formula is C26H23ClN2O4. The Labute approximate surface area is 197 Å². The number of nitrogens with zero attached hydrogens (tertiary/aromatic N) is 1. The number of anilines is 1. The van der Waals surface area contributed by atoms with Crippen LogP contribution in [0.25, 0.3) is 0 Å². The predicted octanol–water partition coefficient (Wildman–Crippen LogP) is 4.58. The van der Waals surface area contributed by atoms with Gasteiger partial charge in [-0.3, -0.25) is 9.59 Å². The van der Waals surface area contributed by atoms with Crippen molar-refractivity contribution in [3.05, 3.63) is 100 Å². The summed E-state index contributed by atoms with van der Waals surface area (Å²) in [4.78, 5) is 39.7. The van der Waals surface area contributed by atoms with E-state index in [4.69, 9.17) is 16.3 Å². The zero-order valence-corrected chi connectivity index (χ0v) is 18.8. The van der Waals surface area contributed by atoms with Gasteiger partial charge in [-0.05, 0) is 47.9 Å². The van der Waals surface area contributed by atoms with E-state index in [1.807, 2.05) is 30.3 Å². The van der Waals surface area contributed by atoms with Crippen LogP contribution in [0.4, 0.5) is 5.69 Å². The first-order valence-electron chi connectivity index (χ1n) is 10.6. The Bertz CT molecular complexity index is 1200. The van der Waals surface area contributed by atoms with E-state index in [0.717, 1.165) is 16.8 Å². The van der Waals surface area contributed by atoms with Gasteiger partial charge in [-0.1, -0.05) is 54.1 Å². The normalized spacial score (nSPS) is 13.2. The summed E-state index contributed by atoms with van der Waals surface area (Å²) in [6.45, 7) is 0.513. The van der Waals surface area contributed by atoms with Crippen molar-refractivity contribution in [3.8, 4) is 0 Å². The highest BCUT2D eigenvalue weighted by Crippen LogP contribution is 2.31. The van der Waals surface area contributed by atoms with E-state index in [0.29, 0.717) is 29.1 Å². The molecule has 0 saturated heterocycles. The Morgan fingerprint density at radius 3 is 2.48 bits per heavy atom. The molecule has 0 fully saturated rings. The van der Waals surface area contributed by atoms with Crippen molar-refractivity contribution in [1.29, 1.82) is 0 Å². The minimum Gasteiger partial charge on any atom is -0.465 e. The second-order valence-electron chi connectivity index (χ2n) is 7.75. The molecule has 0 spiro atoms. The number of esters is 1. The van der Waals surface area contributed by atoms with Crippen LogP contribution in [0.15, 0.2) is 72.8 Å². The highest BCUT2D eigenvalue weighted by atomic mass is 35.5. The first kappa shape index (κ1) is 22.6. The van der Waals surface area contributed by atoms with E-state index >= 15 is 0 Å². The molecule has 0 aromatic heterocycles. The Hall–Kier alpha value is -3.64. The number of fused-ring (bicyclic) bond motifs is 1. The second-order valence-corrected chi connectivity index (χ2v) is 8.16. The summed E-state index contributed by atoms with van der Waals surface area (Å²) in [5.41, 5.74) is 3.33. The Morgan fingerprint density at radius 2 is 1.76 bits per heavy atom. The smallest absolute Gasteiger partial charge is 0.337 e. The number of rotatable bonds is 6. The zero-order valence-electron chi connectivity index (χ0n) is 18.1. The summed E-state index contributed by atoms with van der Waals surface area (Å²) in [5, 5.41) is 3.32. The van der Waals surface area contributed by atoms with Crippen molar-refractivity contribution in [2.45, 2.75) is 18.9 Å². The topological polar surface area (TPSA) is 75.7 Å². The lowest BCUT2D eigenvalue weighted by Crippen LogP contribution is -2.36. The molecule has 4 rings (SSSR count). The van der Waals surface area contributed by atoms with Gasteiger partial charge in [0, 0.05) is 12.2 Å². The number of halogens is 1. The molecule has 2 amide bonds. The minimum absolute atomic E-state index is 0.0817. The summed E-state index contributed by atoms with van der Waals surface area (Å²) in [6.07, 6.45) is 0.728. The van der Waals surface area contributed by atoms with Crippen molar-refractivity contribution in [2.75, 3.05) is 18.6 Å². The fourth-order valence-corrected chi connectivity index (χ4v) is 4.23. The number of hydrogen-bond acceptors (Lipinski definition) is 4. The van der Waals surface area contributed by atoms with Crippen LogP contribution in [0.3, 0.4) is 0 Å². The van der Waals surface area contributed by atoms with E-state index < -0.39 is 12.0 Å². The van der Waals surface area contributed by atoms with Crippen molar-refractivity contribution >= 4 is 35.1 Å². The van der Waals surface area contributed by atoms with Gasteiger partial charge in [0.05, 0.1) is 35.7 Å². The summed E-state index contributed by atoms with van der Waals surface area (Å²) in [7, 11) is 1.34. The molecule has 168 valence electrons. The Morgan fingerprint density at radius 1 is 1.03 bits per heavy atom. The van der Waals surface area contributed by atoms with Gasteiger partial charge in [0.25, 0.3) is 5.91 Å². The number of hydrogen-bond donors (Lipinski definition) is 1. The summed E-state index contributed by atoms with van der Waals surface area (Å²) < 4.78 is 4.78. The van der Waals surface area contributed by atoms with Crippen LogP contribution in [0.5, 0.6) is 0 Å². The third-order valence-electron chi connectivity index (χ3n) is 5.70. The molecule has 33 heavy (non-hydrogen) atoms. The zero-order chi connectivity index (χ0) is 23.4. The highest BCUT2D eigenvalue weighted by Gasteiger charge is 2.29. The number of ether oxygens (including phenoxy) is 1. The SMILES string of the molecule is COC(=O)c1ccc2c(c1)CCN2C(=O)CC(NC(=O)c1ccccc1Cl)c1ccccc1. The Balaban J connectivity index is 1.55. The third-order valence-corrected chi connectivity index (χ3v) is 6.03. The average Bonchev–Trinajstić information content (AvgIpc) is 3.27. The molecule has 1 aliphatic heterocycles. The maximum atomic E-state index is 13.3. The van der Waals surface area contributed by atoms with Gasteiger partial charge < -0.3 is 15.0 Å². The molecule has 3 aromatic rings. The number of methoxy groups -OCH3 is 1. The molecule has 0 saturated carbocycles. The molecule has 3 aromatic carbocycles. The van der Waals surface area contributed by atoms with Crippen molar-refractivity contribution in [2.24, 2.45) is 0 Å². The molecule has 6 nitrogen and oxygen atoms in total. The minimum atomic E-state index is -0.527. The average molecular weight is 463 g/mol. The van der Waals surface area contributed by atoms with Gasteiger partial charge in [0.15, 0.2) is 0 Å². The van der Waals surface area contributed by atoms with Crippen LogP contribution >= 0.6 is 11.6 Å². The largest absolute Gasteiger partial charge is 0.465 e. The summed E-state index contributed by atoms with van der Waals surface area (Å²) in [6, 6.07) is 20.9. The number of nitrogens with one attached hydrogen (secondary N) is 1. The van der Waals surface area contributed by atoms with Gasteiger partial charge >= 0.3 is 5.97 Å². The molecule has 1 aliphatic rings. The monoisotopic (exact) mass is 462 g/mol. The van der Waals surface area contributed by atoms with Crippen LogP contribution in [-0.2, 0) is 16.0 Å². The molecular weight excluding hydrogens is 440 g/mol. The lowest BCUT2D eigenvalue weighted by atomic mass is 10.0. The van der Waals surface area contributed by atoms with Gasteiger partial charge in [-0.15, -0.1) is 0 Å². The highest BCUT2D eigenvalue weighted by molar-refractivity contribution is 6.33. The number of carbonyl (C=O) groups is 3. The number of amides is 2. The van der Waals surface area contributed by atoms with E-state index in [9.17, 15) is 14.4 Å². The van der Waals surface area contributed by atoms with Crippen molar-refractivity contribution in [1.82, 2.24) is 5.32 Å². The lowest BCUT2D eigenvalue weighted by Gasteiger charge is -2.23. The van der Waals surface area contributed by atoms with E-state index in [1.165, 1.54) is 7.11 Å². The van der Waals surface area contributed by atoms with E-state index in [1.54, 1.807) is 47.4 Å². The molecule has 1 atom stereocenters. The maximum absolute atomic E-state index is 13.3. The van der Waals surface area contributed by atoms with Gasteiger partial charge in [-0.2, -0.15) is 0 Å². The molecule has 0 aliphatic carbocycles. The van der Waals surface area contributed by atoms with Crippen LogP contribution in [0, 0.1) is 0 Å². The Kier molecular flexibility index (Phi) is 6.75. The van der Waals surface area contributed by atoms with Gasteiger partial charge in [-0.25, -0.2) is 4.79 Å². The first-order chi connectivity index (χ1) is 16.0. The fourth-order valence-electron chi connectivity index (χ4n) is 4.01. The lowest BCUT2D eigenvalue weighted by molar-refractivity contribution is -0.119.